The minimum Gasteiger partial charge on any atom is -0.480 e. The van der Waals surface area contributed by atoms with Gasteiger partial charge in [-0.15, -0.1) is 0 Å². The fraction of sp³-hybridized carbons (Fsp3) is 0.778. The molecule has 0 spiro atoms. The van der Waals surface area contributed by atoms with Crippen molar-refractivity contribution in [3.63, 3.8) is 0 Å². The van der Waals surface area contributed by atoms with Gasteiger partial charge in [0.25, 0.3) is 0 Å². The highest BCUT2D eigenvalue weighted by molar-refractivity contribution is 5.77. The lowest BCUT2D eigenvalue weighted by molar-refractivity contribution is -0.142. The molecule has 0 aromatic heterocycles. The second kappa shape index (κ2) is 5.59. The van der Waals surface area contributed by atoms with Crippen LogP contribution in [0.25, 0.3) is 0 Å². The second-order valence-electron chi connectivity index (χ2n) is 3.75. The van der Waals surface area contributed by atoms with E-state index in [0.717, 1.165) is 0 Å². The summed E-state index contributed by atoms with van der Waals surface area (Å²) in [5, 5.41) is 19.9. The number of carboxylic acids is 2. The molecule has 3 N–H and O–H groups in total. The number of hydrogen-bond donors (Lipinski definition) is 3. The fourth-order valence-corrected chi connectivity index (χ4v) is 1.08. The molecule has 0 fully saturated rings. The minimum absolute atomic E-state index is 0.213. The number of aliphatic carboxylic acids is 2. The molecule has 0 saturated carbocycles. The summed E-state index contributed by atoms with van der Waals surface area (Å²) >= 11 is 0. The Morgan fingerprint density at radius 2 is 1.64 bits per heavy atom. The number of hydrogen-bond acceptors (Lipinski definition) is 3. The van der Waals surface area contributed by atoms with Gasteiger partial charge in [0.15, 0.2) is 0 Å². The van der Waals surface area contributed by atoms with Crippen molar-refractivity contribution < 1.29 is 19.8 Å². The van der Waals surface area contributed by atoms with E-state index in [1.165, 1.54) is 6.92 Å². The summed E-state index contributed by atoms with van der Waals surface area (Å²) in [5.74, 6) is -1.84. The maximum atomic E-state index is 10.7. The number of carboxylic acid groups (broad SMARTS) is 2. The quantitative estimate of drug-likeness (QED) is 0.586. The molecule has 0 heterocycles. The van der Waals surface area contributed by atoms with Gasteiger partial charge in [-0.2, -0.15) is 0 Å². The van der Waals surface area contributed by atoms with Gasteiger partial charge in [-0.05, 0) is 19.3 Å². The third-order valence-electron chi connectivity index (χ3n) is 1.83. The summed E-state index contributed by atoms with van der Waals surface area (Å²) in [5.41, 5.74) is 0. The molecule has 0 aromatic carbocycles. The summed E-state index contributed by atoms with van der Waals surface area (Å²) < 4.78 is 0. The van der Waals surface area contributed by atoms with Crippen LogP contribution in [0, 0.1) is 5.92 Å². The first-order valence-corrected chi connectivity index (χ1v) is 4.56. The van der Waals surface area contributed by atoms with Crippen LogP contribution in [0.1, 0.15) is 27.2 Å². The highest BCUT2D eigenvalue weighted by Gasteiger charge is 2.23. The monoisotopic (exact) mass is 203 g/mol. The lowest BCUT2D eigenvalue weighted by Crippen LogP contribution is -2.46. The number of nitrogens with one attached hydrogen (secondary N) is 1. The molecular formula is C9H17NO4. The molecule has 0 aliphatic heterocycles. The Kier molecular flexibility index (Phi) is 5.15. The van der Waals surface area contributed by atoms with Gasteiger partial charge in [0.1, 0.15) is 12.1 Å². The van der Waals surface area contributed by atoms with Crippen LogP contribution < -0.4 is 5.32 Å². The Bertz CT molecular complexity index is 215. The van der Waals surface area contributed by atoms with Crippen molar-refractivity contribution in [3.8, 4) is 0 Å². The molecule has 14 heavy (non-hydrogen) atoms. The Morgan fingerprint density at radius 3 is 1.93 bits per heavy atom. The van der Waals surface area contributed by atoms with Crippen LogP contribution in [-0.4, -0.2) is 34.2 Å². The Balaban J connectivity index is 4.23. The van der Waals surface area contributed by atoms with Gasteiger partial charge in [-0.3, -0.25) is 14.9 Å². The molecule has 0 amide bonds. The highest BCUT2D eigenvalue weighted by Crippen LogP contribution is 2.05. The normalized spacial score (nSPS) is 15.1. The van der Waals surface area contributed by atoms with E-state index in [-0.39, 0.29) is 5.92 Å². The third kappa shape index (κ3) is 4.81. The lowest BCUT2D eigenvalue weighted by Gasteiger charge is -2.18. The summed E-state index contributed by atoms with van der Waals surface area (Å²) in [7, 11) is 0. The smallest absolute Gasteiger partial charge is 0.320 e. The number of rotatable bonds is 6. The molecule has 0 aromatic rings. The van der Waals surface area contributed by atoms with E-state index in [1.54, 1.807) is 0 Å². The largest absolute Gasteiger partial charge is 0.480 e. The number of carbonyl (C=O) groups is 2. The van der Waals surface area contributed by atoms with Crippen LogP contribution in [0.5, 0.6) is 0 Å². The zero-order chi connectivity index (χ0) is 11.3. The van der Waals surface area contributed by atoms with Gasteiger partial charge in [0, 0.05) is 0 Å². The van der Waals surface area contributed by atoms with Crippen molar-refractivity contribution in [2.75, 3.05) is 0 Å². The molecule has 0 aliphatic carbocycles. The van der Waals surface area contributed by atoms with Gasteiger partial charge in [-0.25, -0.2) is 0 Å². The van der Waals surface area contributed by atoms with Crippen molar-refractivity contribution in [1.82, 2.24) is 5.32 Å². The van der Waals surface area contributed by atoms with E-state index >= 15 is 0 Å². The second-order valence-corrected chi connectivity index (χ2v) is 3.75. The molecule has 0 rings (SSSR count). The van der Waals surface area contributed by atoms with Crippen LogP contribution in [0.15, 0.2) is 0 Å². The standard InChI is InChI=1S/C9H17NO4/c1-5(2)4-7(9(13)14)10-6(3)8(11)12/h5-7,10H,4H2,1-3H3,(H,11,12)(H,13,14)/t6-,7+/m1/s1. The predicted molar refractivity (Wildman–Crippen MR) is 51.1 cm³/mol. The molecule has 82 valence electrons. The maximum Gasteiger partial charge on any atom is 0.320 e. The van der Waals surface area contributed by atoms with Crippen LogP contribution in [0.3, 0.4) is 0 Å². The van der Waals surface area contributed by atoms with Gasteiger partial charge in [0.05, 0.1) is 0 Å². The van der Waals surface area contributed by atoms with Crippen molar-refractivity contribution in [2.24, 2.45) is 5.92 Å². The molecule has 5 heteroatoms. The van der Waals surface area contributed by atoms with Crippen molar-refractivity contribution in [1.29, 1.82) is 0 Å². The highest BCUT2D eigenvalue weighted by atomic mass is 16.4. The average molecular weight is 203 g/mol. The van der Waals surface area contributed by atoms with E-state index < -0.39 is 24.0 Å². The van der Waals surface area contributed by atoms with E-state index in [2.05, 4.69) is 5.32 Å². The first-order valence-electron chi connectivity index (χ1n) is 4.56. The Morgan fingerprint density at radius 1 is 1.14 bits per heavy atom. The van der Waals surface area contributed by atoms with E-state index in [1.807, 2.05) is 13.8 Å². The van der Waals surface area contributed by atoms with Crippen molar-refractivity contribution in [2.45, 2.75) is 39.3 Å². The van der Waals surface area contributed by atoms with E-state index in [4.69, 9.17) is 10.2 Å². The molecule has 0 unspecified atom stereocenters. The average Bonchev–Trinajstić information content (AvgIpc) is 2.01. The molecule has 0 bridgehead atoms. The predicted octanol–water partition coefficient (Wildman–Crippen LogP) is 0.548. The molecule has 0 radical (unpaired) electrons. The van der Waals surface area contributed by atoms with E-state index in [9.17, 15) is 9.59 Å². The van der Waals surface area contributed by atoms with Gasteiger partial charge >= 0.3 is 11.9 Å². The van der Waals surface area contributed by atoms with Crippen LogP contribution in [-0.2, 0) is 9.59 Å². The summed E-state index contributed by atoms with van der Waals surface area (Å²) in [6.45, 7) is 5.21. The van der Waals surface area contributed by atoms with E-state index in [0.29, 0.717) is 6.42 Å². The summed E-state index contributed by atoms with van der Waals surface area (Å²) in [4.78, 5) is 21.2. The summed E-state index contributed by atoms with van der Waals surface area (Å²) in [6, 6.07) is -1.63. The van der Waals surface area contributed by atoms with Crippen molar-refractivity contribution >= 4 is 11.9 Å². The molecule has 2 atom stereocenters. The minimum atomic E-state index is -1.04. The van der Waals surface area contributed by atoms with Crippen LogP contribution in [0.4, 0.5) is 0 Å². The molecule has 5 nitrogen and oxygen atoms in total. The van der Waals surface area contributed by atoms with Gasteiger partial charge < -0.3 is 10.2 Å². The Labute approximate surface area is 83.1 Å². The molecule has 0 saturated heterocycles. The zero-order valence-corrected chi connectivity index (χ0v) is 8.65. The maximum absolute atomic E-state index is 10.7. The SMILES string of the molecule is CC(C)C[C@H](N[C@H](C)C(=O)O)C(=O)O. The molecule has 0 aliphatic rings. The topological polar surface area (TPSA) is 86.6 Å². The van der Waals surface area contributed by atoms with Crippen LogP contribution in [0.2, 0.25) is 0 Å². The van der Waals surface area contributed by atoms with Gasteiger partial charge in [0.2, 0.25) is 0 Å². The van der Waals surface area contributed by atoms with Crippen molar-refractivity contribution in [3.05, 3.63) is 0 Å². The lowest BCUT2D eigenvalue weighted by atomic mass is 10.0. The fourth-order valence-electron chi connectivity index (χ4n) is 1.08. The molecular weight excluding hydrogens is 186 g/mol. The summed E-state index contributed by atoms with van der Waals surface area (Å²) in [6.07, 6.45) is 0.424. The van der Waals surface area contributed by atoms with Crippen LogP contribution >= 0.6 is 0 Å². The van der Waals surface area contributed by atoms with Gasteiger partial charge in [-0.1, -0.05) is 13.8 Å². The third-order valence-corrected chi connectivity index (χ3v) is 1.83. The Hall–Kier alpha value is -1.10. The first-order chi connectivity index (χ1) is 6.34. The first kappa shape index (κ1) is 12.9. The zero-order valence-electron chi connectivity index (χ0n) is 8.65.